The number of amides is 1. The van der Waals surface area contributed by atoms with Gasteiger partial charge < -0.3 is 5.32 Å². The first-order valence-electron chi connectivity index (χ1n) is 7.25. The van der Waals surface area contributed by atoms with Crippen molar-refractivity contribution in [3.05, 3.63) is 59.9 Å². The molecule has 0 unspecified atom stereocenters. The number of nitrogens with one attached hydrogen (secondary N) is 2. The van der Waals surface area contributed by atoms with E-state index in [4.69, 9.17) is 0 Å². The Bertz CT molecular complexity index is 896. The summed E-state index contributed by atoms with van der Waals surface area (Å²) >= 11 is 0. The first-order valence-corrected chi connectivity index (χ1v) is 8.73. The highest BCUT2D eigenvalue weighted by atomic mass is 32.2. The third kappa shape index (κ3) is 5.02. The minimum absolute atomic E-state index is 0.127. The van der Waals surface area contributed by atoms with Crippen LogP contribution >= 0.6 is 0 Å². The van der Waals surface area contributed by atoms with Gasteiger partial charge in [0, 0.05) is 5.69 Å². The number of carbonyl (C=O) groups excluding carboxylic acids is 1. The van der Waals surface area contributed by atoms with Crippen molar-refractivity contribution in [2.45, 2.75) is 24.0 Å². The van der Waals surface area contributed by atoms with E-state index in [-0.39, 0.29) is 10.6 Å². The van der Waals surface area contributed by atoms with E-state index in [1.54, 1.807) is 0 Å². The number of hydrogen-bond donors (Lipinski definition) is 2. The largest absolute Gasteiger partial charge is 0.416 e. The van der Waals surface area contributed by atoms with Crippen molar-refractivity contribution >= 4 is 21.6 Å². The van der Waals surface area contributed by atoms with Gasteiger partial charge in [-0.05, 0) is 49.4 Å². The molecule has 2 aromatic rings. The number of halogens is 4. The second kappa shape index (κ2) is 7.42. The smallest absolute Gasteiger partial charge is 0.325 e. The molecule has 0 radical (unpaired) electrons. The van der Waals surface area contributed by atoms with E-state index in [1.165, 1.54) is 13.0 Å². The van der Waals surface area contributed by atoms with Crippen LogP contribution in [0, 0.1) is 5.82 Å². The Kier molecular flexibility index (Phi) is 5.67. The topological polar surface area (TPSA) is 75.3 Å². The van der Waals surface area contributed by atoms with Gasteiger partial charge in [-0.1, -0.05) is 6.07 Å². The summed E-state index contributed by atoms with van der Waals surface area (Å²) < 4.78 is 77.2. The quantitative estimate of drug-likeness (QED) is 0.771. The number of hydrogen-bond acceptors (Lipinski definition) is 3. The van der Waals surface area contributed by atoms with Gasteiger partial charge in [-0.15, -0.1) is 0 Å². The fraction of sp³-hybridized carbons (Fsp3) is 0.188. The molecule has 26 heavy (non-hydrogen) atoms. The second-order valence-electron chi connectivity index (χ2n) is 5.36. The van der Waals surface area contributed by atoms with E-state index in [0.717, 1.165) is 42.5 Å². The van der Waals surface area contributed by atoms with Crippen LogP contribution in [0.15, 0.2) is 53.4 Å². The van der Waals surface area contributed by atoms with Crippen molar-refractivity contribution in [3.63, 3.8) is 0 Å². The van der Waals surface area contributed by atoms with Gasteiger partial charge in [0.25, 0.3) is 0 Å². The molecule has 0 aliphatic carbocycles. The third-order valence-electron chi connectivity index (χ3n) is 3.31. The summed E-state index contributed by atoms with van der Waals surface area (Å²) in [7, 11) is -4.10. The Morgan fingerprint density at radius 2 is 1.69 bits per heavy atom. The van der Waals surface area contributed by atoms with Gasteiger partial charge in [-0.25, -0.2) is 12.8 Å². The normalized spacial score (nSPS) is 13.3. The number of carbonyl (C=O) groups is 1. The van der Waals surface area contributed by atoms with E-state index in [9.17, 15) is 30.8 Å². The molecule has 5 nitrogen and oxygen atoms in total. The van der Waals surface area contributed by atoms with Crippen LogP contribution in [0.3, 0.4) is 0 Å². The minimum atomic E-state index is -4.57. The van der Waals surface area contributed by atoms with E-state index >= 15 is 0 Å². The predicted molar refractivity (Wildman–Crippen MR) is 86.3 cm³/mol. The highest BCUT2D eigenvalue weighted by molar-refractivity contribution is 7.89. The summed E-state index contributed by atoms with van der Waals surface area (Å²) in [4.78, 5) is 11.8. The number of rotatable bonds is 5. The molecule has 1 atom stereocenters. The number of benzene rings is 2. The van der Waals surface area contributed by atoms with Crippen LogP contribution < -0.4 is 10.0 Å². The first-order chi connectivity index (χ1) is 12.0. The molecule has 1 amide bonds. The Labute approximate surface area is 147 Å². The summed E-state index contributed by atoms with van der Waals surface area (Å²) in [5, 5.41) is 2.21. The standard InChI is InChI=1S/C16H14F4N2O3S/c1-10(22-26(24,25)14-7-5-12(17)6-8-14)15(23)21-13-4-2-3-11(9-13)16(18,19)20/h2-10,22H,1H3,(H,21,23)/t10-/m0/s1. The molecular formula is C16H14F4N2O3S. The van der Waals surface area contributed by atoms with Crippen LogP contribution in [0.5, 0.6) is 0 Å². The molecule has 2 rings (SSSR count). The summed E-state index contributed by atoms with van der Waals surface area (Å²) in [5.41, 5.74) is -1.08. The molecule has 0 aliphatic heterocycles. The molecule has 0 aromatic heterocycles. The lowest BCUT2D eigenvalue weighted by molar-refractivity contribution is -0.137. The van der Waals surface area contributed by atoms with E-state index in [2.05, 4.69) is 10.0 Å². The predicted octanol–water partition coefficient (Wildman–Crippen LogP) is 3.15. The van der Waals surface area contributed by atoms with Crippen molar-refractivity contribution in [1.82, 2.24) is 4.72 Å². The molecule has 2 aromatic carbocycles. The van der Waals surface area contributed by atoms with Gasteiger partial charge in [-0.2, -0.15) is 17.9 Å². The van der Waals surface area contributed by atoms with Crippen molar-refractivity contribution in [3.8, 4) is 0 Å². The summed E-state index contributed by atoms with van der Waals surface area (Å²) in [6.45, 7) is 1.23. The van der Waals surface area contributed by atoms with Crippen LogP contribution in [0.2, 0.25) is 0 Å². The van der Waals surface area contributed by atoms with Crippen LogP contribution in [-0.4, -0.2) is 20.4 Å². The highest BCUT2D eigenvalue weighted by Gasteiger charge is 2.30. The number of alkyl halides is 3. The lowest BCUT2D eigenvalue weighted by Crippen LogP contribution is -2.41. The molecule has 0 spiro atoms. The lowest BCUT2D eigenvalue weighted by Gasteiger charge is -2.15. The summed E-state index contributed by atoms with van der Waals surface area (Å²) in [5.74, 6) is -1.48. The van der Waals surface area contributed by atoms with Gasteiger partial charge in [0.05, 0.1) is 16.5 Å². The fourth-order valence-corrected chi connectivity index (χ4v) is 3.19. The van der Waals surface area contributed by atoms with Crippen molar-refractivity contribution in [2.24, 2.45) is 0 Å². The summed E-state index contributed by atoms with van der Waals surface area (Å²) in [6.07, 6.45) is -4.57. The Balaban J connectivity index is 2.09. The van der Waals surface area contributed by atoms with Crippen molar-refractivity contribution in [1.29, 1.82) is 0 Å². The number of anilines is 1. The van der Waals surface area contributed by atoms with Gasteiger partial charge in [-0.3, -0.25) is 4.79 Å². The molecule has 0 fully saturated rings. The zero-order valence-electron chi connectivity index (χ0n) is 13.3. The Morgan fingerprint density at radius 3 is 2.27 bits per heavy atom. The molecule has 10 heteroatoms. The molecule has 140 valence electrons. The molecule has 0 bridgehead atoms. The van der Waals surface area contributed by atoms with Crippen molar-refractivity contribution in [2.75, 3.05) is 5.32 Å². The highest BCUT2D eigenvalue weighted by Crippen LogP contribution is 2.30. The van der Waals surface area contributed by atoms with Crippen LogP contribution in [0.25, 0.3) is 0 Å². The molecule has 0 heterocycles. The maximum atomic E-state index is 12.9. The van der Waals surface area contributed by atoms with Crippen LogP contribution in [-0.2, 0) is 21.0 Å². The first kappa shape index (κ1) is 19.9. The van der Waals surface area contributed by atoms with E-state index in [1.807, 2.05) is 0 Å². The third-order valence-corrected chi connectivity index (χ3v) is 4.86. The SMILES string of the molecule is C[C@H](NS(=O)(=O)c1ccc(F)cc1)C(=O)Nc1cccc(C(F)(F)F)c1. The van der Waals surface area contributed by atoms with Crippen LogP contribution in [0.1, 0.15) is 12.5 Å². The average Bonchev–Trinajstić information content (AvgIpc) is 2.54. The van der Waals surface area contributed by atoms with E-state index < -0.39 is 39.5 Å². The molecule has 0 aliphatic rings. The minimum Gasteiger partial charge on any atom is -0.325 e. The monoisotopic (exact) mass is 390 g/mol. The van der Waals surface area contributed by atoms with Crippen molar-refractivity contribution < 1.29 is 30.8 Å². The van der Waals surface area contributed by atoms with Gasteiger partial charge in [0.15, 0.2) is 0 Å². The molecular weight excluding hydrogens is 376 g/mol. The fourth-order valence-electron chi connectivity index (χ4n) is 1.99. The van der Waals surface area contributed by atoms with Gasteiger partial charge in [0.2, 0.25) is 15.9 Å². The molecule has 2 N–H and O–H groups in total. The maximum Gasteiger partial charge on any atom is 0.416 e. The van der Waals surface area contributed by atoms with Gasteiger partial charge >= 0.3 is 6.18 Å². The zero-order chi connectivity index (χ0) is 19.5. The zero-order valence-corrected chi connectivity index (χ0v) is 14.2. The second-order valence-corrected chi connectivity index (χ2v) is 7.08. The Hall–Kier alpha value is -2.46. The lowest BCUT2D eigenvalue weighted by atomic mass is 10.2. The maximum absolute atomic E-state index is 12.9. The summed E-state index contributed by atoms with van der Waals surface area (Å²) in [6, 6.07) is 6.60. The number of sulfonamides is 1. The average molecular weight is 390 g/mol. The molecule has 0 saturated heterocycles. The van der Waals surface area contributed by atoms with Crippen LogP contribution in [0.4, 0.5) is 23.2 Å². The molecule has 0 saturated carbocycles. The van der Waals surface area contributed by atoms with E-state index in [0.29, 0.717) is 0 Å². The van der Waals surface area contributed by atoms with Gasteiger partial charge in [0.1, 0.15) is 5.82 Å². The Morgan fingerprint density at radius 1 is 1.08 bits per heavy atom.